The quantitative estimate of drug-likeness (QED) is 0.807. The van der Waals surface area contributed by atoms with Crippen LogP contribution in [0.1, 0.15) is 11.1 Å². The lowest BCUT2D eigenvalue weighted by atomic mass is 10.1. The van der Waals surface area contributed by atoms with Gasteiger partial charge in [0.15, 0.2) is 0 Å². The Labute approximate surface area is 138 Å². The van der Waals surface area contributed by atoms with Crippen molar-refractivity contribution in [1.82, 2.24) is 9.80 Å². The average molecular weight is 332 g/mol. The van der Waals surface area contributed by atoms with Crippen LogP contribution in [-0.2, 0) is 11.3 Å². The first-order valence-corrected chi connectivity index (χ1v) is 7.86. The molecule has 7 heteroatoms. The second kappa shape index (κ2) is 6.62. The summed E-state index contributed by atoms with van der Waals surface area (Å²) in [6.45, 7) is 5.03. The monoisotopic (exact) mass is 332 g/mol. The fourth-order valence-corrected chi connectivity index (χ4v) is 3.10. The predicted molar refractivity (Wildman–Crippen MR) is 88.2 cm³/mol. The zero-order chi connectivity index (χ0) is 17.3. The molecule has 2 aromatic rings. The molecule has 1 saturated heterocycles. The molecule has 3 rings (SSSR count). The van der Waals surface area contributed by atoms with E-state index in [2.05, 4.69) is 4.90 Å². The standard InChI is InChI=1S/C17H20N2O5/c1-11-8-16(23)24-17-12(11)2-3-14(20)13(17)9-18-4-6-19(7-5-18)10-15(21)22/h2-3,8,20H,4-7,9-10H2,1H3,(H,21,22). The lowest BCUT2D eigenvalue weighted by Crippen LogP contribution is -2.47. The number of nitrogens with zero attached hydrogens (tertiary/aromatic N) is 2. The number of phenolic OH excluding ortho intramolecular Hbond substituents is 1. The molecule has 0 saturated carbocycles. The molecule has 0 atom stereocenters. The van der Waals surface area contributed by atoms with Gasteiger partial charge in [0.1, 0.15) is 11.3 Å². The van der Waals surface area contributed by atoms with Crippen LogP contribution in [0.4, 0.5) is 0 Å². The van der Waals surface area contributed by atoms with E-state index in [1.807, 2.05) is 11.8 Å². The van der Waals surface area contributed by atoms with E-state index in [0.717, 1.165) is 10.9 Å². The minimum atomic E-state index is -0.826. The molecule has 2 heterocycles. The van der Waals surface area contributed by atoms with Crippen LogP contribution in [0.15, 0.2) is 27.4 Å². The molecular weight excluding hydrogens is 312 g/mol. The zero-order valence-electron chi connectivity index (χ0n) is 13.5. The number of aryl methyl sites for hydroxylation is 1. The van der Waals surface area contributed by atoms with Crippen LogP contribution in [-0.4, -0.2) is 58.7 Å². The van der Waals surface area contributed by atoms with Gasteiger partial charge in [-0.3, -0.25) is 14.6 Å². The molecule has 0 radical (unpaired) electrons. The SMILES string of the molecule is Cc1cc(=O)oc2c(CN3CCN(CC(=O)O)CC3)c(O)ccc12. The van der Waals surface area contributed by atoms with Gasteiger partial charge < -0.3 is 14.6 Å². The van der Waals surface area contributed by atoms with E-state index in [4.69, 9.17) is 9.52 Å². The second-order valence-electron chi connectivity index (χ2n) is 6.13. The Hall–Kier alpha value is -2.38. The number of hydrogen-bond donors (Lipinski definition) is 2. The van der Waals surface area contributed by atoms with Crippen molar-refractivity contribution in [2.75, 3.05) is 32.7 Å². The van der Waals surface area contributed by atoms with E-state index < -0.39 is 11.6 Å². The van der Waals surface area contributed by atoms with Crippen LogP contribution in [0.25, 0.3) is 11.0 Å². The molecule has 0 unspecified atom stereocenters. The fraction of sp³-hybridized carbons (Fsp3) is 0.412. The molecule has 0 aliphatic carbocycles. The first-order valence-electron chi connectivity index (χ1n) is 7.86. The summed E-state index contributed by atoms with van der Waals surface area (Å²) in [5.74, 6) is -0.725. The summed E-state index contributed by atoms with van der Waals surface area (Å²) < 4.78 is 5.34. The van der Waals surface area contributed by atoms with E-state index in [0.29, 0.717) is 43.9 Å². The molecule has 1 fully saturated rings. The summed E-state index contributed by atoms with van der Waals surface area (Å²) in [7, 11) is 0. The van der Waals surface area contributed by atoms with Crippen molar-refractivity contribution in [1.29, 1.82) is 0 Å². The van der Waals surface area contributed by atoms with Gasteiger partial charge in [-0.2, -0.15) is 0 Å². The van der Waals surface area contributed by atoms with Crippen molar-refractivity contribution in [3.63, 3.8) is 0 Å². The smallest absolute Gasteiger partial charge is 0.336 e. The van der Waals surface area contributed by atoms with Gasteiger partial charge in [0.2, 0.25) is 0 Å². The molecular formula is C17H20N2O5. The van der Waals surface area contributed by atoms with E-state index in [9.17, 15) is 14.7 Å². The number of phenols is 1. The predicted octanol–water partition coefficient (Wildman–Crippen LogP) is 1.01. The number of aliphatic carboxylic acids is 1. The number of piperazine rings is 1. The van der Waals surface area contributed by atoms with E-state index in [1.54, 1.807) is 12.1 Å². The average Bonchev–Trinajstić information content (AvgIpc) is 2.51. The van der Waals surface area contributed by atoms with E-state index in [1.165, 1.54) is 6.07 Å². The summed E-state index contributed by atoms with van der Waals surface area (Å²) >= 11 is 0. The number of hydrogen-bond acceptors (Lipinski definition) is 6. The lowest BCUT2D eigenvalue weighted by Gasteiger charge is -2.33. The van der Waals surface area contributed by atoms with Crippen molar-refractivity contribution < 1.29 is 19.4 Å². The van der Waals surface area contributed by atoms with Gasteiger partial charge in [0, 0.05) is 44.2 Å². The fourth-order valence-electron chi connectivity index (χ4n) is 3.10. The summed E-state index contributed by atoms with van der Waals surface area (Å²) in [6.07, 6.45) is 0. The third kappa shape index (κ3) is 3.42. The van der Waals surface area contributed by atoms with Crippen molar-refractivity contribution in [3.05, 3.63) is 39.7 Å². The number of carbonyl (C=O) groups is 1. The number of aromatic hydroxyl groups is 1. The lowest BCUT2D eigenvalue weighted by molar-refractivity contribution is -0.138. The van der Waals surface area contributed by atoms with Crippen molar-refractivity contribution >= 4 is 16.9 Å². The first-order chi connectivity index (χ1) is 11.4. The highest BCUT2D eigenvalue weighted by Crippen LogP contribution is 2.29. The summed E-state index contributed by atoms with van der Waals surface area (Å²) in [4.78, 5) is 26.4. The Morgan fingerprint density at radius 3 is 2.54 bits per heavy atom. The van der Waals surface area contributed by atoms with Gasteiger partial charge in [-0.15, -0.1) is 0 Å². The van der Waals surface area contributed by atoms with Crippen LogP contribution in [0.3, 0.4) is 0 Å². The zero-order valence-corrected chi connectivity index (χ0v) is 13.5. The molecule has 0 spiro atoms. The molecule has 0 amide bonds. The van der Waals surface area contributed by atoms with Gasteiger partial charge >= 0.3 is 11.6 Å². The summed E-state index contributed by atoms with van der Waals surface area (Å²) in [6, 6.07) is 4.80. The number of rotatable bonds is 4. The molecule has 24 heavy (non-hydrogen) atoms. The summed E-state index contributed by atoms with van der Waals surface area (Å²) in [5.41, 5.74) is 1.40. The molecule has 1 aliphatic rings. The number of carboxylic acids is 1. The Morgan fingerprint density at radius 2 is 1.88 bits per heavy atom. The van der Waals surface area contributed by atoms with E-state index in [-0.39, 0.29) is 12.3 Å². The van der Waals surface area contributed by atoms with Crippen LogP contribution < -0.4 is 5.63 Å². The highest BCUT2D eigenvalue weighted by Gasteiger charge is 2.21. The Bertz CT molecular complexity index is 822. The molecule has 0 bridgehead atoms. The molecule has 1 aliphatic heterocycles. The van der Waals surface area contributed by atoms with Crippen molar-refractivity contribution in [2.24, 2.45) is 0 Å². The van der Waals surface area contributed by atoms with Gasteiger partial charge in [-0.25, -0.2) is 4.79 Å². The largest absolute Gasteiger partial charge is 0.507 e. The maximum atomic E-state index is 11.7. The molecule has 7 nitrogen and oxygen atoms in total. The van der Waals surface area contributed by atoms with Gasteiger partial charge in [0.05, 0.1) is 12.1 Å². The Morgan fingerprint density at radius 1 is 1.21 bits per heavy atom. The van der Waals surface area contributed by atoms with Crippen molar-refractivity contribution in [2.45, 2.75) is 13.5 Å². The highest BCUT2D eigenvalue weighted by molar-refractivity contribution is 5.84. The van der Waals surface area contributed by atoms with Crippen LogP contribution in [0.2, 0.25) is 0 Å². The second-order valence-corrected chi connectivity index (χ2v) is 6.13. The van der Waals surface area contributed by atoms with Gasteiger partial charge in [0.25, 0.3) is 0 Å². The third-order valence-electron chi connectivity index (χ3n) is 4.40. The molecule has 1 aromatic heterocycles. The molecule has 2 N–H and O–H groups in total. The molecule has 1 aromatic carbocycles. The highest BCUT2D eigenvalue weighted by atomic mass is 16.4. The van der Waals surface area contributed by atoms with Crippen LogP contribution >= 0.6 is 0 Å². The first kappa shape index (κ1) is 16.5. The van der Waals surface area contributed by atoms with Gasteiger partial charge in [-0.05, 0) is 24.6 Å². The topological polar surface area (TPSA) is 94.2 Å². The Kier molecular flexibility index (Phi) is 4.55. The van der Waals surface area contributed by atoms with E-state index >= 15 is 0 Å². The normalized spacial score (nSPS) is 16.5. The molecule has 128 valence electrons. The Balaban J connectivity index is 1.82. The van der Waals surface area contributed by atoms with Crippen molar-refractivity contribution in [3.8, 4) is 5.75 Å². The number of benzene rings is 1. The minimum Gasteiger partial charge on any atom is -0.507 e. The number of carboxylic acid groups (broad SMARTS) is 1. The minimum absolute atomic E-state index is 0.0431. The third-order valence-corrected chi connectivity index (χ3v) is 4.40. The van der Waals surface area contributed by atoms with Gasteiger partial charge in [-0.1, -0.05) is 0 Å². The maximum absolute atomic E-state index is 11.7. The summed E-state index contributed by atoms with van der Waals surface area (Å²) in [5, 5.41) is 19.9. The maximum Gasteiger partial charge on any atom is 0.336 e. The number of fused-ring (bicyclic) bond motifs is 1. The van der Waals surface area contributed by atoms with Crippen LogP contribution in [0.5, 0.6) is 5.75 Å². The van der Waals surface area contributed by atoms with Crippen LogP contribution in [0, 0.1) is 6.92 Å².